The Hall–Kier alpha value is -3.57. The third-order valence-corrected chi connectivity index (χ3v) is 8.87. The van der Waals surface area contributed by atoms with E-state index in [0.29, 0.717) is 17.6 Å². The predicted molar refractivity (Wildman–Crippen MR) is 141 cm³/mol. The molecule has 3 aromatic carbocycles. The molecule has 202 valence electrons. The summed E-state index contributed by atoms with van der Waals surface area (Å²) in [5.74, 6) is -0.473. The quantitative estimate of drug-likeness (QED) is 0.109. The number of pyridine rings is 1. The second kappa shape index (κ2) is 9.56. The number of aromatic nitrogens is 1. The molecule has 12 nitrogen and oxygen atoms in total. The van der Waals surface area contributed by atoms with Gasteiger partial charge in [0.15, 0.2) is 15.6 Å². The second-order valence-electron chi connectivity index (χ2n) is 8.58. The van der Waals surface area contributed by atoms with Gasteiger partial charge in [-0.05, 0) is 35.9 Å². The number of aryl methyl sites for hydroxylation is 1. The maximum atomic E-state index is 13.9. The van der Waals surface area contributed by atoms with E-state index in [-0.39, 0.29) is 43.9 Å². The van der Waals surface area contributed by atoms with Gasteiger partial charge in [0.2, 0.25) is 0 Å². The number of carbonyl (C=O) groups is 1. The zero-order valence-electron chi connectivity index (χ0n) is 20.0. The molecule has 1 aromatic heterocycles. The standard InChI is InChI=1S/C24H18N2O10S3/c1-26-17-9-8-15(25-16-11-12(39(32,33)34)7-10-18(16)37-36-35-29)20-21(17)19(23(24(26)28)38(2,30)31)13-5-3-4-6-14(13)22(20)27/h3-11,25,29H,1-2H3,(H,32,33,34). The minimum Gasteiger partial charge on any atom is -0.354 e. The Morgan fingerprint density at radius 3 is 2.26 bits per heavy atom. The van der Waals surface area contributed by atoms with Crippen LogP contribution in [0, 0.1) is 0 Å². The van der Waals surface area contributed by atoms with Gasteiger partial charge in [-0.3, -0.25) is 14.1 Å². The summed E-state index contributed by atoms with van der Waals surface area (Å²) in [5.41, 5.74) is 0.285. The summed E-state index contributed by atoms with van der Waals surface area (Å²) in [6.07, 6.45) is 0.917. The van der Waals surface area contributed by atoms with Crippen molar-refractivity contribution < 1.29 is 40.8 Å². The molecule has 0 radical (unpaired) electrons. The summed E-state index contributed by atoms with van der Waals surface area (Å²) < 4.78 is 64.5. The molecule has 3 N–H and O–H groups in total. The van der Waals surface area contributed by atoms with Gasteiger partial charge in [0.05, 0.1) is 44.3 Å². The van der Waals surface area contributed by atoms with Crippen LogP contribution in [0.1, 0.15) is 15.9 Å². The summed E-state index contributed by atoms with van der Waals surface area (Å²) >= 11 is 0.499. The maximum absolute atomic E-state index is 13.9. The van der Waals surface area contributed by atoms with Crippen molar-refractivity contribution in [2.75, 3.05) is 11.6 Å². The summed E-state index contributed by atoms with van der Waals surface area (Å²) in [6.45, 7) is 0. The van der Waals surface area contributed by atoms with E-state index in [1.165, 1.54) is 31.3 Å². The van der Waals surface area contributed by atoms with Crippen LogP contribution >= 0.6 is 12.0 Å². The molecular formula is C24H18N2O10S3. The van der Waals surface area contributed by atoms with E-state index < -0.39 is 41.1 Å². The minimum atomic E-state index is -4.63. The van der Waals surface area contributed by atoms with Crippen molar-refractivity contribution in [3.8, 4) is 11.1 Å². The number of carbonyl (C=O) groups excluding carboxylic acids is 1. The largest absolute Gasteiger partial charge is 0.354 e. The number of sulfone groups is 1. The smallest absolute Gasteiger partial charge is 0.294 e. The van der Waals surface area contributed by atoms with E-state index in [2.05, 4.69) is 14.7 Å². The summed E-state index contributed by atoms with van der Waals surface area (Å²) in [5, 5.41) is 15.4. The van der Waals surface area contributed by atoms with Gasteiger partial charge in [-0.15, -0.1) is 4.33 Å². The Labute approximate surface area is 225 Å². The average Bonchev–Trinajstić information content (AvgIpc) is 2.87. The molecule has 15 heteroatoms. The Bertz CT molecular complexity index is 1980. The van der Waals surface area contributed by atoms with Gasteiger partial charge in [-0.2, -0.15) is 8.42 Å². The number of ketones is 1. The van der Waals surface area contributed by atoms with Crippen molar-refractivity contribution in [2.24, 2.45) is 7.05 Å². The van der Waals surface area contributed by atoms with Crippen LogP contribution in [0.5, 0.6) is 0 Å². The monoisotopic (exact) mass is 590 g/mol. The van der Waals surface area contributed by atoms with Crippen molar-refractivity contribution in [3.05, 3.63) is 76.1 Å². The van der Waals surface area contributed by atoms with E-state index >= 15 is 0 Å². The number of rotatable bonds is 7. The first kappa shape index (κ1) is 27.0. The van der Waals surface area contributed by atoms with Crippen LogP contribution in [-0.4, -0.2) is 43.3 Å². The van der Waals surface area contributed by atoms with Crippen LogP contribution in [0.2, 0.25) is 0 Å². The fourth-order valence-electron chi connectivity index (χ4n) is 4.62. The third kappa shape index (κ3) is 4.53. The van der Waals surface area contributed by atoms with Gasteiger partial charge in [-0.1, -0.05) is 29.3 Å². The maximum Gasteiger partial charge on any atom is 0.294 e. The van der Waals surface area contributed by atoms with Crippen LogP contribution in [0.4, 0.5) is 11.4 Å². The Morgan fingerprint density at radius 1 is 0.923 bits per heavy atom. The fraction of sp³-hybridized carbons (Fsp3) is 0.0833. The van der Waals surface area contributed by atoms with Crippen molar-refractivity contribution in [2.45, 2.75) is 14.7 Å². The molecule has 0 aliphatic heterocycles. The van der Waals surface area contributed by atoms with Gasteiger partial charge in [0.25, 0.3) is 15.7 Å². The predicted octanol–water partition coefficient (Wildman–Crippen LogP) is 3.57. The van der Waals surface area contributed by atoms with E-state index in [1.54, 1.807) is 18.2 Å². The van der Waals surface area contributed by atoms with Gasteiger partial charge < -0.3 is 9.88 Å². The molecule has 4 aromatic rings. The molecule has 1 heterocycles. The molecule has 0 fully saturated rings. The zero-order chi connectivity index (χ0) is 28.3. The Morgan fingerprint density at radius 2 is 1.62 bits per heavy atom. The number of fused-ring (bicyclic) bond motifs is 2. The van der Waals surface area contributed by atoms with Crippen molar-refractivity contribution in [1.82, 2.24) is 4.57 Å². The molecule has 0 atom stereocenters. The van der Waals surface area contributed by atoms with Crippen LogP contribution in [-0.2, 0) is 36.4 Å². The topological polar surface area (TPSA) is 178 Å². The number of anilines is 2. The normalized spacial score (nSPS) is 13.0. The van der Waals surface area contributed by atoms with E-state index in [0.717, 1.165) is 23.0 Å². The van der Waals surface area contributed by atoms with Crippen LogP contribution in [0.15, 0.2) is 74.1 Å². The lowest BCUT2D eigenvalue weighted by Gasteiger charge is -2.25. The van der Waals surface area contributed by atoms with Crippen molar-refractivity contribution in [1.29, 1.82) is 0 Å². The molecule has 5 rings (SSSR count). The highest BCUT2D eigenvalue weighted by molar-refractivity contribution is 7.94. The van der Waals surface area contributed by atoms with Gasteiger partial charge in [0, 0.05) is 29.8 Å². The van der Waals surface area contributed by atoms with E-state index in [9.17, 15) is 31.0 Å². The first-order valence-electron chi connectivity index (χ1n) is 10.9. The fourth-order valence-corrected chi connectivity index (χ4v) is 6.59. The molecular weight excluding hydrogens is 572 g/mol. The van der Waals surface area contributed by atoms with Crippen LogP contribution < -0.4 is 10.9 Å². The second-order valence-corrected chi connectivity index (χ2v) is 12.7. The molecule has 0 unspecified atom stereocenters. The molecule has 0 saturated heterocycles. The SMILES string of the molecule is Cn1c(=O)c(S(C)(=O)=O)c2c3c(c(Nc4cc(S(=O)(=O)O)ccc4SOOO)ccc31)C(=O)c1ccccc1-2. The molecule has 1 aliphatic carbocycles. The molecule has 0 amide bonds. The average molecular weight is 591 g/mol. The van der Waals surface area contributed by atoms with Gasteiger partial charge >= 0.3 is 0 Å². The zero-order valence-corrected chi connectivity index (χ0v) is 22.5. The molecule has 0 saturated carbocycles. The number of nitrogens with zero attached hydrogens (tertiary/aromatic N) is 1. The highest BCUT2D eigenvalue weighted by Gasteiger charge is 2.34. The van der Waals surface area contributed by atoms with E-state index in [4.69, 9.17) is 5.26 Å². The Kier molecular flexibility index (Phi) is 6.62. The third-order valence-electron chi connectivity index (χ3n) is 6.23. The highest BCUT2D eigenvalue weighted by Crippen LogP contribution is 2.45. The van der Waals surface area contributed by atoms with Gasteiger partial charge in [-0.25, -0.2) is 13.7 Å². The number of hydrogen-bond donors (Lipinski definition) is 3. The lowest BCUT2D eigenvalue weighted by atomic mass is 9.83. The lowest BCUT2D eigenvalue weighted by Crippen LogP contribution is -2.27. The summed E-state index contributed by atoms with van der Waals surface area (Å²) in [6, 6.07) is 12.7. The summed E-state index contributed by atoms with van der Waals surface area (Å²) in [4.78, 5) is 26.3. The van der Waals surface area contributed by atoms with Crippen LogP contribution in [0.25, 0.3) is 22.0 Å². The van der Waals surface area contributed by atoms with Crippen molar-refractivity contribution in [3.63, 3.8) is 0 Å². The number of nitrogens with one attached hydrogen (secondary N) is 1. The molecule has 1 aliphatic rings. The highest BCUT2D eigenvalue weighted by atomic mass is 32.2. The lowest BCUT2D eigenvalue weighted by molar-refractivity contribution is -0.432. The number of hydrogen-bond acceptors (Lipinski definition) is 11. The Balaban J connectivity index is 1.87. The molecule has 0 bridgehead atoms. The number of benzene rings is 3. The van der Waals surface area contributed by atoms with E-state index in [1.807, 2.05) is 0 Å². The first-order valence-corrected chi connectivity index (χ1v) is 15.0. The molecule has 0 spiro atoms. The van der Waals surface area contributed by atoms with Gasteiger partial charge in [0.1, 0.15) is 4.90 Å². The first-order chi connectivity index (χ1) is 18.3. The van der Waals surface area contributed by atoms with Crippen LogP contribution in [0.3, 0.4) is 0 Å². The minimum absolute atomic E-state index is 0.0316. The summed E-state index contributed by atoms with van der Waals surface area (Å²) in [7, 11) is -7.29. The molecule has 39 heavy (non-hydrogen) atoms. The van der Waals surface area contributed by atoms with Crippen molar-refractivity contribution >= 4 is 60.1 Å².